The lowest BCUT2D eigenvalue weighted by Gasteiger charge is -2.10. The molecule has 0 atom stereocenters. The van der Waals surface area contributed by atoms with Crippen LogP contribution in [-0.4, -0.2) is 9.55 Å². The molecular formula is C17H15ClN2OS. The van der Waals surface area contributed by atoms with Crippen LogP contribution >= 0.6 is 22.9 Å². The molecule has 112 valence electrons. The Hall–Kier alpha value is -1.65. The molecule has 1 aromatic carbocycles. The number of aromatic nitrogens is 2. The van der Waals surface area contributed by atoms with E-state index in [1.165, 1.54) is 23.3 Å². The fourth-order valence-electron chi connectivity index (χ4n) is 3.06. The van der Waals surface area contributed by atoms with Crippen LogP contribution in [0.3, 0.4) is 0 Å². The van der Waals surface area contributed by atoms with E-state index in [-0.39, 0.29) is 5.56 Å². The first kappa shape index (κ1) is 14.0. The topological polar surface area (TPSA) is 34.9 Å². The van der Waals surface area contributed by atoms with Crippen LogP contribution in [0.2, 0.25) is 5.02 Å². The molecule has 0 aliphatic heterocycles. The van der Waals surface area contributed by atoms with Crippen molar-refractivity contribution in [1.29, 1.82) is 0 Å². The maximum Gasteiger partial charge on any atom is 0.271 e. The van der Waals surface area contributed by atoms with Gasteiger partial charge in [-0.05, 0) is 42.9 Å². The molecule has 1 aliphatic carbocycles. The van der Waals surface area contributed by atoms with Gasteiger partial charge in [0.15, 0.2) is 0 Å². The maximum absolute atomic E-state index is 12.8. The molecule has 0 bridgehead atoms. The monoisotopic (exact) mass is 330 g/mol. The fourth-order valence-corrected chi connectivity index (χ4v) is 4.55. The van der Waals surface area contributed by atoms with Gasteiger partial charge in [-0.3, -0.25) is 9.36 Å². The van der Waals surface area contributed by atoms with Crippen LogP contribution in [0.5, 0.6) is 0 Å². The molecule has 3 nitrogen and oxygen atoms in total. The highest BCUT2D eigenvalue weighted by Crippen LogP contribution is 2.33. The van der Waals surface area contributed by atoms with Crippen LogP contribution in [-0.2, 0) is 19.4 Å². The fraction of sp³-hybridized carbons (Fsp3) is 0.294. The van der Waals surface area contributed by atoms with E-state index in [2.05, 4.69) is 4.98 Å². The van der Waals surface area contributed by atoms with Crippen LogP contribution in [0.15, 0.2) is 35.4 Å². The number of rotatable bonds is 2. The molecule has 0 N–H and O–H groups in total. The second-order valence-electron chi connectivity index (χ2n) is 5.66. The van der Waals surface area contributed by atoms with Crippen LogP contribution < -0.4 is 5.56 Å². The minimum absolute atomic E-state index is 0.0457. The number of benzene rings is 1. The largest absolute Gasteiger partial charge is 0.293 e. The second-order valence-corrected chi connectivity index (χ2v) is 7.17. The van der Waals surface area contributed by atoms with Gasteiger partial charge in [-0.15, -0.1) is 11.3 Å². The van der Waals surface area contributed by atoms with Crippen molar-refractivity contribution in [1.82, 2.24) is 9.55 Å². The summed E-state index contributed by atoms with van der Waals surface area (Å²) in [5.74, 6) is 0. The van der Waals surface area contributed by atoms with Crippen molar-refractivity contribution in [3.8, 4) is 0 Å². The summed E-state index contributed by atoms with van der Waals surface area (Å²) in [6, 6.07) is 7.61. The lowest BCUT2D eigenvalue weighted by atomic mass is 9.98. The molecule has 22 heavy (non-hydrogen) atoms. The first-order valence-electron chi connectivity index (χ1n) is 7.47. The Morgan fingerprint density at radius 3 is 2.91 bits per heavy atom. The highest BCUT2D eigenvalue weighted by molar-refractivity contribution is 7.19. The zero-order valence-electron chi connectivity index (χ0n) is 12.0. The van der Waals surface area contributed by atoms with E-state index >= 15 is 0 Å². The van der Waals surface area contributed by atoms with E-state index in [0.717, 1.165) is 28.6 Å². The van der Waals surface area contributed by atoms with Crippen molar-refractivity contribution in [2.45, 2.75) is 32.2 Å². The molecule has 0 radical (unpaired) electrons. The third-order valence-corrected chi connectivity index (χ3v) is 5.86. The molecule has 0 spiro atoms. The van der Waals surface area contributed by atoms with Crippen molar-refractivity contribution < 1.29 is 0 Å². The van der Waals surface area contributed by atoms with Crippen molar-refractivity contribution in [2.24, 2.45) is 0 Å². The van der Waals surface area contributed by atoms with E-state index in [1.54, 1.807) is 22.2 Å². The highest BCUT2D eigenvalue weighted by atomic mass is 35.5. The Balaban J connectivity index is 1.82. The average molecular weight is 331 g/mol. The van der Waals surface area contributed by atoms with E-state index < -0.39 is 0 Å². The van der Waals surface area contributed by atoms with E-state index in [1.807, 2.05) is 24.3 Å². The van der Waals surface area contributed by atoms with Crippen LogP contribution in [0.25, 0.3) is 10.2 Å². The Bertz CT molecular complexity index is 913. The molecular weight excluding hydrogens is 316 g/mol. The molecule has 0 saturated carbocycles. The summed E-state index contributed by atoms with van der Waals surface area (Å²) in [5, 5.41) is 0.681. The number of nitrogens with zero attached hydrogens (tertiary/aromatic N) is 2. The van der Waals surface area contributed by atoms with Gasteiger partial charge in [0.05, 0.1) is 18.4 Å². The molecule has 2 heterocycles. The number of thiophene rings is 1. The Morgan fingerprint density at radius 2 is 2.05 bits per heavy atom. The zero-order chi connectivity index (χ0) is 15.1. The van der Waals surface area contributed by atoms with Gasteiger partial charge in [0, 0.05) is 9.90 Å². The first-order valence-corrected chi connectivity index (χ1v) is 8.66. The summed E-state index contributed by atoms with van der Waals surface area (Å²) in [6.07, 6.45) is 6.21. The SMILES string of the molecule is O=c1c2sc3c(c2ncn1Cc1ccccc1Cl)CCCC3. The number of halogens is 1. The summed E-state index contributed by atoms with van der Waals surface area (Å²) in [7, 11) is 0. The van der Waals surface area contributed by atoms with Gasteiger partial charge in [0.2, 0.25) is 0 Å². The van der Waals surface area contributed by atoms with Gasteiger partial charge >= 0.3 is 0 Å². The van der Waals surface area contributed by atoms with Gasteiger partial charge in [0.1, 0.15) is 4.70 Å². The van der Waals surface area contributed by atoms with Gasteiger partial charge in [0.25, 0.3) is 5.56 Å². The van der Waals surface area contributed by atoms with Crippen molar-refractivity contribution in [3.05, 3.63) is 62.0 Å². The molecule has 0 fully saturated rings. The minimum atomic E-state index is 0.0457. The lowest BCUT2D eigenvalue weighted by Crippen LogP contribution is -2.20. The molecule has 4 rings (SSSR count). The molecule has 2 aromatic heterocycles. The van der Waals surface area contributed by atoms with Gasteiger partial charge in [-0.25, -0.2) is 4.98 Å². The molecule has 0 amide bonds. The van der Waals surface area contributed by atoms with Gasteiger partial charge in [-0.1, -0.05) is 29.8 Å². The predicted octanol–water partition coefficient (Wildman–Crippen LogP) is 4.04. The molecule has 0 saturated heterocycles. The summed E-state index contributed by atoms with van der Waals surface area (Å²) in [4.78, 5) is 18.7. The Morgan fingerprint density at radius 1 is 1.23 bits per heavy atom. The predicted molar refractivity (Wildman–Crippen MR) is 91.1 cm³/mol. The van der Waals surface area contributed by atoms with Crippen molar-refractivity contribution in [2.75, 3.05) is 0 Å². The van der Waals surface area contributed by atoms with E-state index in [0.29, 0.717) is 11.6 Å². The first-order chi connectivity index (χ1) is 10.7. The van der Waals surface area contributed by atoms with Crippen LogP contribution in [0.1, 0.15) is 28.8 Å². The summed E-state index contributed by atoms with van der Waals surface area (Å²) in [6.45, 7) is 0.462. The molecule has 3 aromatic rings. The summed E-state index contributed by atoms with van der Waals surface area (Å²) in [5.41, 5.74) is 3.20. The van der Waals surface area contributed by atoms with Crippen LogP contribution in [0.4, 0.5) is 0 Å². The average Bonchev–Trinajstić information content (AvgIpc) is 2.92. The van der Waals surface area contributed by atoms with Gasteiger partial charge in [-0.2, -0.15) is 0 Å². The smallest absolute Gasteiger partial charge is 0.271 e. The number of hydrogen-bond acceptors (Lipinski definition) is 3. The van der Waals surface area contributed by atoms with E-state index in [9.17, 15) is 4.79 Å². The second kappa shape index (κ2) is 5.52. The number of hydrogen-bond donors (Lipinski definition) is 0. The zero-order valence-corrected chi connectivity index (χ0v) is 13.6. The normalized spacial score (nSPS) is 14.2. The summed E-state index contributed by atoms with van der Waals surface area (Å²) >= 11 is 7.82. The number of fused-ring (bicyclic) bond motifs is 3. The molecule has 0 unspecified atom stereocenters. The molecule has 5 heteroatoms. The van der Waals surface area contributed by atoms with Gasteiger partial charge < -0.3 is 0 Å². The van der Waals surface area contributed by atoms with E-state index in [4.69, 9.17) is 11.6 Å². The number of aryl methyl sites for hydroxylation is 2. The van der Waals surface area contributed by atoms with Crippen molar-refractivity contribution >= 4 is 33.2 Å². The lowest BCUT2D eigenvalue weighted by molar-refractivity contribution is 0.698. The minimum Gasteiger partial charge on any atom is -0.293 e. The Labute approximate surface area is 137 Å². The maximum atomic E-state index is 12.8. The standard InChI is InChI=1S/C17H15ClN2OS/c18-13-7-3-1-5-11(13)9-20-10-19-15-12-6-2-4-8-14(12)22-16(15)17(20)21/h1,3,5,7,10H,2,4,6,8-9H2. The van der Waals surface area contributed by atoms with Crippen molar-refractivity contribution in [3.63, 3.8) is 0 Å². The quantitative estimate of drug-likeness (QED) is 0.710. The molecule has 1 aliphatic rings. The third kappa shape index (κ3) is 2.27. The summed E-state index contributed by atoms with van der Waals surface area (Å²) < 4.78 is 2.45. The highest BCUT2D eigenvalue weighted by Gasteiger charge is 2.19. The Kier molecular flexibility index (Phi) is 3.51. The third-order valence-electron chi connectivity index (χ3n) is 4.22. The van der Waals surface area contributed by atoms with Crippen LogP contribution in [0, 0.1) is 0 Å².